The van der Waals surface area contributed by atoms with Gasteiger partial charge in [0, 0.05) is 22.3 Å². The zero-order valence-corrected chi connectivity index (χ0v) is 11.5. The van der Waals surface area contributed by atoms with E-state index in [0.717, 1.165) is 6.54 Å². The molecule has 0 amide bonds. The summed E-state index contributed by atoms with van der Waals surface area (Å²) in [6.07, 6.45) is 0. The minimum absolute atomic E-state index is 0.443. The van der Waals surface area contributed by atoms with Crippen molar-refractivity contribution in [3.63, 3.8) is 0 Å². The van der Waals surface area contributed by atoms with Crippen molar-refractivity contribution in [2.75, 3.05) is 0 Å². The van der Waals surface area contributed by atoms with Gasteiger partial charge in [-0.1, -0.05) is 0 Å². The van der Waals surface area contributed by atoms with Crippen molar-refractivity contribution in [2.24, 2.45) is 0 Å². The summed E-state index contributed by atoms with van der Waals surface area (Å²) in [6.45, 7) is 7.53. The van der Waals surface area contributed by atoms with E-state index in [1.807, 2.05) is 11.3 Å². The van der Waals surface area contributed by atoms with E-state index in [0.29, 0.717) is 6.04 Å². The average Bonchev–Trinajstić information content (AvgIpc) is 2.84. The lowest BCUT2D eigenvalue weighted by molar-refractivity contribution is 0.582. The first kappa shape index (κ1) is 11.8. The Kier molecular flexibility index (Phi) is 3.79. The zero-order valence-electron chi connectivity index (χ0n) is 9.91. The maximum absolute atomic E-state index is 3.57. The van der Waals surface area contributed by atoms with Crippen LogP contribution in [0.1, 0.15) is 33.8 Å². The highest BCUT2D eigenvalue weighted by atomic mass is 32.1. The minimum Gasteiger partial charge on any atom is -0.305 e. The molecule has 0 aliphatic heterocycles. The summed E-state index contributed by atoms with van der Waals surface area (Å²) in [5.41, 5.74) is 2.82. The summed E-state index contributed by atoms with van der Waals surface area (Å²) in [6, 6.07) is 4.85. The van der Waals surface area contributed by atoms with Gasteiger partial charge in [0.25, 0.3) is 0 Å². The first-order valence-electron chi connectivity index (χ1n) is 5.48. The summed E-state index contributed by atoms with van der Waals surface area (Å²) in [5, 5.41) is 8.01. The van der Waals surface area contributed by atoms with Gasteiger partial charge in [-0.2, -0.15) is 11.3 Å². The third-order valence-electron chi connectivity index (χ3n) is 2.75. The molecular weight excluding hydrogens is 234 g/mol. The lowest BCUT2D eigenvalue weighted by Crippen LogP contribution is -2.17. The summed E-state index contributed by atoms with van der Waals surface area (Å²) >= 11 is 3.66. The molecule has 0 aromatic carbocycles. The highest BCUT2D eigenvalue weighted by molar-refractivity contribution is 7.12. The average molecular weight is 251 g/mol. The first-order valence-corrected chi connectivity index (χ1v) is 7.24. The number of rotatable bonds is 4. The van der Waals surface area contributed by atoms with E-state index in [4.69, 9.17) is 0 Å². The standard InChI is InChI=1S/C13H17NS2/c1-9-7-15-8-12(9)6-14-11(3)13-5-4-10(2)16-13/h4-5,7-8,11,14H,6H2,1-3H3. The molecule has 0 fully saturated rings. The van der Waals surface area contributed by atoms with E-state index in [1.54, 1.807) is 11.3 Å². The molecule has 0 aliphatic carbocycles. The Morgan fingerprint density at radius 2 is 2.06 bits per heavy atom. The molecule has 1 nitrogen and oxygen atoms in total. The zero-order chi connectivity index (χ0) is 11.5. The number of hydrogen-bond donors (Lipinski definition) is 1. The van der Waals surface area contributed by atoms with Crippen LogP contribution in [0.25, 0.3) is 0 Å². The van der Waals surface area contributed by atoms with Gasteiger partial charge in [-0.05, 0) is 54.8 Å². The lowest BCUT2D eigenvalue weighted by atomic mass is 10.2. The first-order chi connectivity index (χ1) is 7.66. The monoisotopic (exact) mass is 251 g/mol. The predicted molar refractivity (Wildman–Crippen MR) is 73.4 cm³/mol. The van der Waals surface area contributed by atoms with Gasteiger partial charge in [0.2, 0.25) is 0 Å². The van der Waals surface area contributed by atoms with Gasteiger partial charge >= 0.3 is 0 Å². The van der Waals surface area contributed by atoms with Crippen LogP contribution in [0.5, 0.6) is 0 Å². The molecule has 86 valence electrons. The van der Waals surface area contributed by atoms with Crippen molar-refractivity contribution in [2.45, 2.75) is 33.4 Å². The van der Waals surface area contributed by atoms with Crippen LogP contribution < -0.4 is 5.32 Å². The quantitative estimate of drug-likeness (QED) is 0.855. The molecule has 2 heterocycles. The van der Waals surface area contributed by atoms with Gasteiger partial charge in [0.1, 0.15) is 0 Å². The minimum atomic E-state index is 0.443. The van der Waals surface area contributed by atoms with Crippen molar-refractivity contribution >= 4 is 22.7 Å². The van der Waals surface area contributed by atoms with Gasteiger partial charge in [-0.3, -0.25) is 0 Å². The lowest BCUT2D eigenvalue weighted by Gasteiger charge is -2.11. The molecule has 0 aliphatic rings. The van der Waals surface area contributed by atoms with E-state index >= 15 is 0 Å². The van der Waals surface area contributed by atoms with E-state index < -0.39 is 0 Å². The highest BCUT2D eigenvalue weighted by Gasteiger charge is 2.07. The molecule has 1 N–H and O–H groups in total. The molecule has 0 saturated heterocycles. The number of hydrogen-bond acceptors (Lipinski definition) is 3. The Bertz CT molecular complexity index is 456. The van der Waals surface area contributed by atoms with Crippen molar-refractivity contribution in [1.29, 1.82) is 0 Å². The number of thiophene rings is 2. The fraction of sp³-hybridized carbons (Fsp3) is 0.385. The van der Waals surface area contributed by atoms with Gasteiger partial charge in [-0.25, -0.2) is 0 Å². The smallest absolute Gasteiger partial charge is 0.0388 e. The molecular formula is C13H17NS2. The molecule has 0 bridgehead atoms. The summed E-state index contributed by atoms with van der Waals surface area (Å²) in [7, 11) is 0. The van der Waals surface area contributed by atoms with Gasteiger partial charge < -0.3 is 5.32 Å². The maximum atomic E-state index is 3.57. The molecule has 2 rings (SSSR count). The Morgan fingerprint density at radius 3 is 2.62 bits per heavy atom. The molecule has 2 aromatic heterocycles. The fourth-order valence-electron chi connectivity index (χ4n) is 1.62. The second-order valence-corrected chi connectivity index (χ2v) is 6.19. The molecule has 3 heteroatoms. The van der Waals surface area contributed by atoms with E-state index in [9.17, 15) is 0 Å². The largest absolute Gasteiger partial charge is 0.305 e. The Labute approximate surface area is 105 Å². The van der Waals surface area contributed by atoms with Crippen LogP contribution in [0.2, 0.25) is 0 Å². The molecule has 1 atom stereocenters. The number of aryl methyl sites for hydroxylation is 2. The predicted octanol–water partition coefficient (Wildman–Crippen LogP) is 4.28. The molecule has 1 unspecified atom stereocenters. The van der Waals surface area contributed by atoms with Gasteiger partial charge in [-0.15, -0.1) is 11.3 Å². The Balaban J connectivity index is 1.93. The highest BCUT2D eigenvalue weighted by Crippen LogP contribution is 2.23. The van der Waals surface area contributed by atoms with E-state index in [1.165, 1.54) is 20.9 Å². The van der Waals surface area contributed by atoms with E-state index in [2.05, 4.69) is 49.0 Å². The van der Waals surface area contributed by atoms with Crippen LogP contribution in [0.3, 0.4) is 0 Å². The topological polar surface area (TPSA) is 12.0 Å². The van der Waals surface area contributed by atoms with Crippen LogP contribution in [0.15, 0.2) is 22.9 Å². The van der Waals surface area contributed by atoms with Crippen molar-refractivity contribution in [3.05, 3.63) is 43.8 Å². The van der Waals surface area contributed by atoms with Crippen molar-refractivity contribution < 1.29 is 0 Å². The van der Waals surface area contributed by atoms with Crippen LogP contribution in [0.4, 0.5) is 0 Å². The molecule has 0 spiro atoms. The second kappa shape index (κ2) is 5.13. The molecule has 0 radical (unpaired) electrons. The summed E-state index contributed by atoms with van der Waals surface area (Å²) in [4.78, 5) is 2.81. The van der Waals surface area contributed by atoms with Crippen molar-refractivity contribution in [1.82, 2.24) is 5.32 Å². The maximum Gasteiger partial charge on any atom is 0.0388 e. The fourth-order valence-corrected chi connectivity index (χ4v) is 3.38. The van der Waals surface area contributed by atoms with Crippen LogP contribution in [0, 0.1) is 13.8 Å². The van der Waals surface area contributed by atoms with Crippen molar-refractivity contribution in [3.8, 4) is 0 Å². The van der Waals surface area contributed by atoms with E-state index in [-0.39, 0.29) is 0 Å². The Hall–Kier alpha value is -0.640. The van der Waals surface area contributed by atoms with Gasteiger partial charge in [0.15, 0.2) is 0 Å². The normalized spacial score (nSPS) is 12.9. The molecule has 16 heavy (non-hydrogen) atoms. The van der Waals surface area contributed by atoms with Crippen LogP contribution in [-0.4, -0.2) is 0 Å². The number of nitrogens with one attached hydrogen (secondary N) is 1. The second-order valence-electron chi connectivity index (χ2n) is 4.13. The van der Waals surface area contributed by atoms with Crippen LogP contribution >= 0.6 is 22.7 Å². The summed E-state index contributed by atoms with van der Waals surface area (Å²) < 4.78 is 0. The third-order valence-corrected chi connectivity index (χ3v) is 4.84. The third kappa shape index (κ3) is 2.73. The Morgan fingerprint density at radius 1 is 1.25 bits per heavy atom. The SMILES string of the molecule is Cc1ccc(C(C)NCc2cscc2C)s1. The molecule has 0 saturated carbocycles. The summed E-state index contributed by atoms with van der Waals surface area (Å²) in [5.74, 6) is 0. The molecule has 2 aromatic rings. The van der Waals surface area contributed by atoms with Gasteiger partial charge in [0.05, 0.1) is 0 Å². The van der Waals surface area contributed by atoms with Crippen LogP contribution in [-0.2, 0) is 6.54 Å².